The van der Waals surface area contributed by atoms with Crippen LogP contribution in [-0.4, -0.2) is 96.1 Å². The van der Waals surface area contributed by atoms with Crippen molar-refractivity contribution in [3.8, 4) is 11.5 Å². The molecule has 0 spiro atoms. The molecule has 4 unspecified atom stereocenters. The van der Waals surface area contributed by atoms with Gasteiger partial charge in [-0.2, -0.15) is 0 Å². The quantitative estimate of drug-likeness (QED) is 0.176. The van der Waals surface area contributed by atoms with E-state index in [4.69, 9.17) is 30.9 Å². The molecule has 0 radical (unpaired) electrons. The number of aromatic nitrogens is 1. The van der Waals surface area contributed by atoms with Gasteiger partial charge < -0.3 is 39.4 Å². The van der Waals surface area contributed by atoms with E-state index in [0.717, 1.165) is 22.0 Å². The van der Waals surface area contributed by atoms with Gasteiger partial charge in [0.25, 0.3) is 5.91 Å². The van der Waals surface area contributed by atoms with Gasteiger partial charge in [-0.3, -0.25) is 14.4 Å². The highest BCUT2D eigenvalue weighted by atomic mass is 35.5. The molecule has 2 aliphatic heterocycles. The highest BCUT2D eigenvalue weighted by Gasteiger charge is 2.48. The van der Waals surface area contributed by atoms with Crippen molar-refractivity contribution in [3.63, 3.8) is 0 Å². The van der Waals surface area contributed by atoms with Gasteiger partial charge in [-0.1, -0.05) is 54.9 Å². The smallest absolute Gasteiger partial charge is 0.328 e. The van der Waals surface area contributed by atoms with Crippen LogP contribution in [0, 0.1) is 17.8 Å². The third-order valence-corrected chi connectivity index (χ3v) is 10.2. The summed E-state index contributed by atoms with van der Waals surface area (Å²) in [6.07, 6.45) is 2.24. The number of carbonyl (C=O) groups is 4. The fraction of sp³-hybridized carbons (Fsp3) is 0.415. The van der Waals surface area contributed by atoms with Crippen LogP contribution in [0.15, 0.2) is 72.9 Å². The Hall–Kier alpha value is -5.07. The Morgan fingerprint density at radius 2 is 1.69 bits per heavy atom. The molecule has 3 heterocycles. The summed E-state index contributed by atoms with van der Waals surface area (Å²) in [5.74, 6) is -1.15. The lowest BCUT2D eigenvalue weighted by Gasteiger charge is -2.40. The number of hydrogen-bond acceptors (Lipinski definition) is 8. The molecule has 2 aliphatic rings. The van der Waals surface area contributed by atoms with Crippen LogP contribution in [0.3, 0.4) is 0 Å². The predicted molar refractivity (Wildman–Crippen MR) is 205 cm³/mol. The molecular formula is C41H49ClN4O8. The zero-order valence-electron chi connectivity index (χ0n) is 31.3. The number of carbonyl (C=O) groups excluding carboxylic acids is 4. The molecule has 0 bridgehead atoms. The van der Waals surface area contributed by atoms with Gasteiger partial charge in [0.15, 0.2) is 11.5 Å². The van der Waals surface area contributed by atoms with Gasteiger partial charge in [0.1, 0.15) is 6.04 Å². The fourth-order valence-electron chi connectivity index (χ4n) is 7.17. The minimum absolute atomic E-state index is 0.0631. The van der Waals surface area contributed by atoms with E-state index in [0.29, 0.717) is 48.1 Å². The summed E-state index contributed by atoms with van der Waals surface area (Å²) in [5, 5.41) is 12.9. The average molecular weight is 761 g/mol. The van der Waals surface area contributed by atoms with E-state index in [1.807, 2.05) is 56.3 Å². The standard InChI is InChI=1S/C34H41ClN4O7.C7H8O/c1-6-27(34(43)45-5)37-32(41)26-18-38(31(40)12-21-14-36-28-13-23(35)8-9-24(21)28)15-22-16-39(17-25(22)26)33(42)20-7-10-29(46-19(2)3)30(11-20)44-4;8-6-7-4-2-1-3-5-7/h7-11,13-14,19,22,25-27,36H,6,12,15-18H2,1-5H3,(H,37,41);1-5,8H,6H2. The molecule has 4 aromatic rings. The molecule has 2 fully saturated rings. The van der Waals surface area contributed by atoms with Gasteiger partial charge in [-0.25, -0.2) is 4.79 Å². The van der Waals surface area contributed by atoms with Crippen LogP contribution in [0.4, 0.5) is 0 Å². The third kappa shape index (κ3) is 9.53. The maximum Gasteiger partial charge on any atom is 0.328 e. The van der Waals surface area contributed by atoms with Crippen LogP contribution in [0.1, 0.15) is 48.7 Å². The number of fused-ring (bicyclic) bond motifs is 2. The molecule has 0 saturated carbocycles. The van der Waals surface area contributed by atoms with Gasteiger partial charge in [-0.05, 0) is 73.6 Å². The number of ether oxygens (including phenoxy) is 3. The van der Waals surface area contributed by atoms with Crippen molar-refractivity contribution in [2.24, 2.45) is 17.8 Å². The summed E-state index contributed by atoms with van der Waals surface area (Å²) in [4.78, 5) is 60.2. The molecule has 12 nitrogen and oxygen atoms in total. The number of nitrogens with one attached hydrogen (secondary N) is 2. The lowest BCUT2D eigenvalue weighted by molar-refractivity contribution is -0.147. The van der Waals surface area contributed by atoms with E-state index in [-0.39, 0.29) is 55.2 Å². The summed E-state index contributed by atoms with van der Waals surface area (Å²) in [7, 11) is 2.81. The third-order valence-electron chi connectivity index (χ3n) is 9.94. The number of hydrogen-bond donors (Lipinski definition) is 3. The van der Waals surface area contributed by atoms with Crippen LogP contribution in [0.5, 0.6) is 11.5 Å². The second-order valence-electron chi connectivity index (χ2n) is 13.9. The maximum atomic E-state index is 13.8. The summed E-state index contributed by atoms with van der Waals surface area (Å²) in [5.41, 5.74) is 3.08. The highest BCUT2D eigenvalue weighted by Crippen LogP contribution is 2.38. The second kappa shape index (κ2) is 18.3. The number of amides is 3. The normalized spacial score (nSPS) is 18.3. The first-order chi connectivity index (χ1) is 26.0. The number of H-pyrrole nitrogens is 1. The lowest BCUT2D eigenvalue weighted by atomic mass is 9.79. The van der Waals surface area contributed by atoms with Gasteiger partial charge in [-0.15, -0.1) is 0 Å². The molecule has 3 amide bonds. The predicted octanol–water partition coefficient (Wildman–Crippen LogP) is 5.25. The number of methoxy groups -OCH3 is 2. The number of likely N-dealkylation sites (tertiary alicyclic amines) is 2. The molecule has 3 N–H and O–H groups in total. The van der Waals surface area contributed by atoms with E-state index < -0.39 is 17.9 Å². The van der Waals surface area contributed by atoms with Crippen molar-refractivity contribution in [2.45, 2.75) is 52.4 Å². The van der Waals surface area contributed by atoms with Crippen molar-refractivity contribution in [1.29, 1.82) is 0 Å². The molecule has 54 heavy (non-hydrogen) atoms. The van der Waals surface area contributed by atoms with Crippen molar-refractivity contribution < 1.29 is 38.5 Å². The monoisotopic (exact) mass is 760 g/mol. The van der Waals surface area contributed by atoms with E-state index in [9.17, 15) is 19.2 Å². The Bertz CT molecular complexity index is 1930. The maximum absolute atomic E-state index is 13.8. The first-order valence-corrected chi connectivity index (χ1v) is 18.5. The second-order valence-corrected chi connectivity index (χ2v) is 14.3. The van der Waals surface area contributed by atoms with Crippen molar-refractivity contribution >= 4 is 46.2 Å². The molecular weight excluding hydrogens is 712 g/mol. The van der Waals surface area contributed by atoms with E-state index in [2.05, 4.69) is 10.3 Å². The molecule has 0 aliphatic carbocycles. The lowest BCUT2D eigenvalue weighted by Crippen LogP contribution is -2.55. The summed E-state index contributed by atoms with van der Waals surface area (Å²) in [6, 6.07) is 19.3. The van der Waals surface area contributed by atoms with Gasteiger partial charge in [0, 0.05) is 53.9 Å². The molecule has 2 saturated heterocycles. The number of esters is 1. The zero-order valence-corrected chi connectivity index (χ0v) is 32.1. The molecule has 4 atom stereocenters. The first kappa shape index (κ1) is 40.1. The zero-order chi connectivity index (χ0) is 38.9. The highest BCUT2D eigenvalue weighted by molar-refractivity contribution is 6.31. The number of aliphatic hydroxyl groups is 1. The fourth-order valence-corrected chi connectivity index (χ4v) is 7.34. The van der Waals surface area contributed by atoms with E-state index in [1.54, 1.807) is 47.2 Å². The number of rotatable bonds is 11. The Kier molecular flexibility index (Phi) is 13.6. The van der Waals surface area contributed by atoms with Crippen LogP contribution in [-0.2, 0) is 32.1 Å². The van der Waals surface area contributed by atoms with Gasteiger partial charge in [0.2, 0.25) is 11.8 Å². The Morgan fingerprint density at radius 3 is 2.33 bits per heavy atom. The number of benzene rings is 3. The minimum atomic E-state index is -0.807. The largest absolute Gasteiger partial charge is 0.493 e. The van der Waals surface area contributed by atoms with Crippen LogP contribution in [0.2, 0.25) is 5.02 Å². The van der Waals surface area contributed by atoms with Crippen molar-refractivity contribution in [2.75, 3.05) is 40.4 Å². The molecule has 13 heteroatoms. The summed E-state index contributed by atoms with van der Waals surface area (Å²) in [6.45, 7) is 7.06. The SMILES string of the molecule is CCC(NC(=O)C1CN(C(=O)Cc2c[nH]c3cc(Cl)ccc23)CC2CN(C(=O)c3ccc(OC(C)C)c(OC)c3)CC21)C(=O)OC.OCc1ccccc1. The minimum Gasteiger partial charge on any atom is -0.493 e. The van der Waals surface area contributed by atoms with Crippen LogP contribution < -0.4 is 14.8 Å². The van der Waals surface area contributed by atoms with Crippen molar-refractivity contribution in [1.82, 2.24) is 20.1 Å². The average Bonchev–Trinajstić information content (AvgIpc) is 3.80. The summed E-state index contributed by atoms with van der Waals surface area (Å²) < 4.78 is 16.2. The molecule has 3 aromatic carbocycles. The topological polar surface area (TPSA) is 150 Å². The summed E-state index contributed by atoms with van der Waals surface area (Å²) >= 11 is 6.14. The van der Waals surface area contributed by atoms with Gasteiger partial charge in [0.05, 0.1) is 39.3 Å². The number of aliphatic hydroxyl groups excluding tert-OH is 1. The van der Waals surface area contributed by atoms with Crippen LogP contribution >= 0.6 is 11.6 Å². The molecule has 1 aromatic heterocycles. The van der Waals surface area contributed by atoms with E-state index >= 15 is 0 Å². The van der Waals surface area contributed by atoms with Crippen molar-refractivity contribution in [3.05, 3.63) is 94.6 Å². The first-order valence-electron chi connectivity index (χ1n) is 18.2. The number of nitrogens with zero attached hydrogens (tertiary/aromatic N) is 2. The number of piperidine rings is 1. The Labute approximate surface area is 320 Å². The van der Waals surface area contributed by atoms with Crippen LogP contribution in [0.25, 0.3) is 10.9 Å². The molecule has 288 valence electrons. The Morgan fingerprint density at radius 1 is 0.944 bits per heavy atom. The van der Waals surface area contributed by atoms with Gasteiger partial charge >= 0.3 is 5.97 Å². The number of halogens is 1. The number of aromatic amines is 1. The van der Waals surface area contributed by atoms with E-state index in [1.165, 1.54) is 14.2 Å². The Balaban J connectivity index is 0.000000621. The molecule has 6 rings (SSSR count).